The fourth-order valence-corrected chi connectivity index (χ4v) is 8.34. The summed E-state index contributed by atoms with van der Waals surface area (Å²) in [6, 6.07) is 68.6. The minimum atomic E-state index is -0.535. The fourth-order valence-electron chi connectivity index (χ4n) is 8.34. The highest BCUT2D eigenvalue weighted by Gasteiger charge is 2.49. The van der Waals surface area contributed by atoms with Crippen molar-refractivity contribution in [3.8, 4) is 33.6 Å². The Hall–Kier alpha value is -6.38. The highest BCUT2D eigenvalue weighted by Crippen LogP contribution is 2.56. The second kappa shape index (κ2) is 10.8. The Morgan fingerprint density at radius 3 is 1.53 bits per heavy atom. The highest BCUT2D eigenvalue weighted by atomic mass is 15.1. The molecule has 0 fully saturated rings. The number of nitrogens with zero attached hydrogens (tertiary/aromatic N) is 2. The topological polar surface area (TPSA) is 9.86 Å². The minimum Gasteiger partial charge on any atom is -0.316 e. The number of rotatable bonds is 5. The summed E-state index contributed by atoms with van der Waals surface area (Å²) in [4.78, 5) is 0. The first-order chi connectivity index (χ1) is 24.3. The van der Waals surface area contributed by atoms with Gasteiger partial charge in [0.05, 0.1) is 27.8 Å². The molecule has 1 aliphatic heterocycles. The van der Waals surface area contributed by atoms with E-state index in [0.717, 1.165) is 5.69 Å². The van der Waals surface area contributed by atoms with Crippen molar-refractivity contribution >= 4 is 21.8 Å². The maximum Gasteiger partial charge on any atom is 0.0899 e. The minimum absolute atomic E-state index is 0.535. The van der Waals surface area contributed by atoms with Crippen molar-refractivity contribution in [1.29, 1.82) is 0 Å². The van der Waals surface area contributed by atoms with Gasteiger partial charge < -0.3 is 9.13 Å². The van der Waals surface area contributed by atoms with Gasteiger partial charge in [-0.25, -0.2) is 0 Å². The molecule has 0 aliphatic carbocycles. The molecule has 2 nitrogen and oxygen atoms in total. The van der Waals surface area contributed by atoms with E-state index in [-0.39, 0.29) is 0 Å². The molecule has 3 heterocycles. The van der Waals surface area contributed by atoms with Crippen molar-refractivity contribution in [2.75, 3.05) is 0 Å². The standard InChI is InChI=1S/C47H32N2/c1-5-17-33(18-6-1)35-29-36(34-19-7-2-8-20-34)31-39(30-35)49-43-27-15-13-25-40(43)41-32-48-44-28-16-14-26-42(44)47(46(48)45(41)49,37-21-9-3-10-22-37)38-23-11-4-12-24-38/h1-32H. The first kappa shape index (κ1) is 27.7. The zero-order chi connectivity index (χ0) is 32.4. The van der Waals surface area contributed by atoms with Gasteiger partial charge in [0.25, 0.3) is 0 Å². The smallest absolute Gasteiger partial charge is 0.0899 e. The van der Waals surface area contributed by atoms with Crippen LogP contribution in [0.1, 0.15) is 22.4 Å². The molecular formula is C47H32N2. The second-order valence-electron chi connectivity index (χ2n) is 13.0. The number of benzene rings is 7. The van der Waals surface area contributed by atoms with Gasteiger partial charge in [0.1, 0.15) is 0 Å². The van der Waals surface area contributed by atoms with Crippen LogP contribution in [0.25, 0.3) is 55.4 Å². The molecule has 2 heteroatoms. The van der Waals surface area contributed by atoms with Crippen LogP contribution in [0.15, 0.2) is 194 Å². The molecule has 2 aromatic heterocycles. The van der Waals surface area contributed by atoms with Gasteiger partial charge in [-0.05, 0) is 69.3 Å². The molecule has 0 atom stereocenters. The molecule has 0 unspecified atom stereocenters. The molecular weight excluding hydrogens is 593 g/mol. The summed E-state index contributed by atoms with van der Waals surface area (Å²) in [7, 11) is 0. The van der Waals surface area contributed by atoms with E-state index >= 15 is 0 Å². The van der Waals surface area contributed by atoms with Gasteiger partial charge in [-0.3, -0.25) is 0 Å². The van der Waals surface area contributed by atoms with Crippen molar-refractivity contribution in [1.82, 2.24) is 9.13 Å². The summed E-state index contributed by atoms with van der Waals surface area (Å²) in [6.07, 6.45) is 2.38. The summed E-state index contributed by atoms with van der Waals surface area (Å²) in [5.41, 5.74) is 14.1. The number of aromatic nitrogens is 2. The van der Waals surface area contributed by atoms with E-state index in [2.05, 4.69) is 203 Å². The Morgan fingerprint density at radius 1 is 0.408 bits per heavy atom. The Morgan fingerprint density at radius 2 is 0.918 bits per heavy atom. The molecule has 0 spiro atoms. The van der Waals surface area contributed by atoms with Crippen molar-refractivity contribution in [3.63, 3.8) is 0 Å². The van der Waals surface area contributed by atoms with Crippen LogP contribution in [0.3, 0.4) is 0 Å². The summed E-state index contributed by atoms with van der Waals surface area (Å²) < 4.78 is 5.00. The van der Waals surface area contributed by atoms with Crippen LogP contribution in [0.2, 0.25) is 0 Å². The average Bonchev–Trinajstić information content (AvgIpc) is 3.81. The van der Waals surface area contributed by atoms with Crippen molar-refractivity contribution in [2.24, 2.45) is 0 Å². The van der Waals surface area contributed by atoms with E-state index in [4.69, 9.17) is 0 Å². The first-order valence-corrected chi connectivity index (χ1v) is 16.9. The van der Waals surface area contributed by atoms with Crippen molar-refractivity contribution < 1.29 is 0 Å². The average molecular weight is 625 g/mol. The Kier molecular flexibility index (Phi) is 6.13. The van der Waals surface area contributed by atoms with Crippen LogP contribution in [0, 0.1) is 0 Å². The molecule has 10 rings (SSSR count). The fraction of sp³-hybridized carbons (Fsp3) is 0.0213. The van der Waals surface area contributed by atoms with Gasteiger partial charge in [-0.1, -0.05) is 158 Å². The van der Waals surface area contributed by atoms with Gasteiger partial charge >= 0.3 is 0 Å². The SMILES string of the molecule is c1ccc(-c2cc(-c3ccccc3)cc(-n3c4ccccc4c4cn5c(c43)C(c3ccccc3)(c3ccccc3)c3ccccc3-5)c2)cc1. The maximum absolute atomic E-state index is 2.53. The van der Waals surface area contributed by atoms with E-state index < -0.39 is 5.41 Å². The Bertz CT molecular complexity index is 2530. The van der Waals surface area contributed by atoms with Crippen LogP contribution >= 0.6 is 0 Å². The molecule has 7 aromatic carbocycles. The van der Waals surface area contributed by atoms with E-state index in [1.54, 1.807) is 0 Å². The predicted octanol–water partition coefficient (Wildman–Crippen LogP) is 11.6. The molecule has 49 heavy (non-hydrogen) atoms. The molecule has 0 bridgehead atoms. The summed E-state index contributed by atoms with van der Waals surface area (Å²) in [6.45, 7) is 0. The van der Waals surface area contributed by atoms with E-state index in [0.29, 0.717) is 0 Å². The lowest BCUT2D eigenvalue weighted by molar-refractivity contribution is 0.748. The molecule has 0 amide bonds. The normalized spacial score (nSPS) is 13.1. The largest absolute Gasteiger partial charge is 0.316 e. The molecule has 0 radical (unpaired) electrons. The van der Waals surface area contributed by atoms with Gasteiger partial charge in [-0.2, -0.15) is 0 Å². The Labute approximate surface area is 285 Å². The van der Waals surface area contributed by atoms with Gasteiger partial charge in [0.2, 0.25) is 0 Å². The van der Waals surface area contributed by atoms with Crippen molar-refractivity contribution in [3.05, 3.63) is 217 Å². The first-order valence-electron chi connectivity index (χ1n) is 16.9. The monoisotopic (exact) mass is 624 g/mol. The lowest BCUT2D eigenvalue weighted by atomic mass is 9.68. The number of para-hydroxylation sites is 2. The van der Waals surface area contributed by atoms with E-state index in [9.17, 15) is 0 Å². The quantitative estimate of drug-likeness (QED) is 0.180. The van der Waals surface area contributed by atoms with Gasteiger partial charge in [0, 0.05) is 22.7 Å². The number of hydrogen-bond donors (Lipinski definition) is 0. The number of fused-ring (bicyclic) bond motifs is 7. The lowest BCUT2D eigenvalue weighted by Gasteiger charge is -2.32. The molecule has 230 valence electrons. The Balaban J connectivity index is 1.38. The predicted molar refractivity (Wildman–Crippen MR) is 203 cm³/mol. The summed E-state index contributed by atoms with van der Waals surface area (Å²) in [5, 5.41) is 2.50. The van der Waals surface area contributed by atoms with Gasteiger partial charge in [-0.15, -0.1) is 0 Å². The molecule has 1 aliphatic rings. The van der Waals surface area contributed by atoms with E-state index in [1.807, 2.05) is 0 Å². The van der Waals surface area contributed by atoms with E-state index in [1.165, 1.54) is 72.1 Å². The van der Waals surface area contributed by atoms with Crippen LogP contribution in [0.4, 0.5) is 0 Å². The molecule has 0 saturated heterocycles. The van der Waals surface area contributed by atoms with Crippen LogP contribution in [-0.4, -0.2) is 9.13 Å². The third-order valence-corrected chi connectivity index (χ3v) is 10.4. The highest BCUT2D eigenvalue weighted by molar-refractivity contribution is 6.12. The summed E-state index contributed by atoms with van der Waals surface area (Å²) in [5.74, 6) is 0. The zero-order valence-electron chi connectivity index (χ0n) is 26.9. The van der Waals surface area contributed by atoms with Crippen LogP contribution < -0.4 is 0 Å². The molecule has 0 N–H and O–H groups in total. The zero-order valence-corrected chi connectivity index (χ0v) is 26.9. The van der Waals surface area contributed by atoms with Gasteiger partial charge in [0.15, 0.2) is 0 Å². The van der Waals surface area contributed by atoms with Crippen molar-refractivity contribution in [2.45, 2.75) is 5.41 Å². The summed E-state index contributed by atoms with van der Waals surface area (Å²) >= 11 is 0. The third kappa shape index (κ3) is 4.01. The number of hydrogen-bond acceptors (Lipinski definition) is 0. The molecule has 0 saturated carbocycles. The maximum atomic E-state index is 2.53. The van der Waals surface area contributed by atoms with Crippen LogP contribution in [-0.2, 0) is 5.41 Å². The third-order valence-electron chi connectivity index (χ3n) is 10.4. The van der Waals surface area contributed by atoms with Crippen LogP contribution in [0.5, 0.6) is 0 Å². The molecule has 9 aromatic rings. The second-order valence-corrected chi connectivity index (χ2v) is 13.0. The lowest BCUT2D eigenvalue weighted by Crippen LogP contribution is -2.29.